The molecule has 0 N–H and O–H groups in total. The third-order valence-corrected chi connectivity index (χ3v) is 6.69. The van der Waals surface area contributed by atoms with E-state index in [0.717, 1.165) is 12.2 Å². The molecule has 3 heterocycles. The van der Waals surface area contributed by atoms with Crippen molar-refractivity contribution >= 4 is 10.0 Å². The Kier molecular flexibility index (Phi) is 4.99. The maximum Gasteiger partial charge on any atom is 0.246 e. The van der Waals surface area contributed by atoms with Gasteiger partial charge in [0.25, 0.3) is 0 Å². The van der Waals surface area contributed by atoms with E-state index in [9.17, 15) is 8.42 Å². The zero-order valence-electron chi connectivity index (χ0n) is 15.3. The first-order valence-electron chi connectivity index (χ1n) is 8.57. The highest BCUT2D eigenvalue weighted by molar-refractivity contribution is 7.89. The van der Waals surface area contributed by atoms with Crippen LogP contribution in [-0.2, 0) is 30.2 Å². The van der Waals surface area contributed by atoms with Crippen molar-refractivity contribution in [2.24, 2.45) is 7.05 Å². The van der Waals surface area contributed by atoms with Crippen molar-refractivity contribution in [1.29, 1.82) is 0 Å². The molecule has 0 aromatic carbocycles. The van der Waals surface area contributed by atoms with E-state index in [4.69, 9.17) is 0 Å². The predicted octanol–water partition coefficient (Wildman–Crippen LogP) is 0.760. The van der Waals surface area contributed by atoms with E-state index in [1.54, 1.807) is 22.1 Å². The van der Waals surface area contributed by atoms with E-state index in [-0.39, 0.29) is 0 Å². The normalized spacial score (nSPS) is 17.3. The third-order valence-electron chi connectivity index (χ3n) is 4.68. The molecule has 0 spiro atoms. The molecule has 0 amide bonds. The molecule has 1 fully saturated rings. The Labute approximate surface area is 149 Å². The minimum absolute atomic E-state index is 0.325. The number of rotatable bonds is 5. The minimum atomic E-state index is -3.48. The fourth-order valence-electron chi connectivity index (χ4n) is 3.23. The lowest BCUT2D eigenvalue weighted by Gasteiger charge is -2.33. The largest absolute Gasteiger partial charge is 0.296 e. The summed E-state index contributed by atoms with van der Waals surface area (Å²) in [5.41, 5.74) is 2.79. The van der Waals surface area contributed by atoms with Gasteiger partial charge in [0, 0.05) is 64.3 Å². The molecule has 2 aromatic rings. The van der Waals surface area contributed by atoms with Gasteiger partial charge in [0.1, 0.15) is 4.90 Å². The summed E-state index contributed by atoms with van der Waals surface area (Å²) in [5, 5.41) is 8.63. The minimum Gasteiger partial charge on any atom is -0.296 e. The average molecular weight is 366 g/mol. The number of hydrogen-bond acceptors (Lipinski definition) is 5. The van der Waals surface area contributed by atoms with Gasteiger partial charge in [-0.05, 0) is 20.8 Å². The Morgan fingerprint density at radius 2 is 1.72 bits per heavy atom. The summed E-state index contributed by atoms with van der Waals surface area (Å²) in [6, 6.07) is 0. The molecule has 0 radical (unpaired) electrons. The van der Waals surface area contributed by atoms with Crippen molar-refractivity contribution in [2.45, 2.75) is 38.8 Å². The first-order valence-corrected chi connectivity index (χ1v) is 10.0. The highest BCUT2D eigenvalue weighted by Crippen LogP contribution is 2.21. The van der Waals surface area contributed by atoms with Crippen LogP contribution in [0.3, 0.4) is 0 Å². The van der Waals surface area contributed by atoms with Crippen LogP contribution in [-0.4, -0.2) is 63.4 Å². The molecule has 9 heteroatoms. The lowest BCUT2D eigenvalue weighted by Crippen LogP contribution is -2.48. The van der Waals surface area contributed by atoms with E-state index in [0.29, 0.717) is 43.3 Å². The van der Waals surface area contributed by atoms with Gasteiger partial charge < -0.3 is 0 Å². The summed E-state index contributed by atoms with van der Waals surface area (Å²) < 4.78 is 30.9. The van der Waals surface area contributed by atoms with Gasteiger partial charge in [-0.2, -0.15) is 14.5 Å². The molecule has 25 heavy (non-hydrogen) atoms. The highest BCUT2D eigenvalue weighted by Gasteiger charge is 2.31. The summed E-state index contributed by atoms with van der Waals surface area (Å²) in [4.78, 5) is 2.60. The summed E-state index contributed by atoms with van der Waals surface area (Å²) in [7, 11) is -1.56. The summed E-state index contributed by atoms with van der Waals surface area (Å²) >= 11 is 0. The lowest BCUT2D eigenvalue weighted by molar-refractivity contribution is 0.181. The quantitative estimate of drug-likeness (QED) is 0.781. The van der Waals surface area contributed by atoms with Crippen molar-refractivity contribution in [3.63, 3.8) is 0 Å². The molecule has 0 atom stereocenters. The summed E-state index contributed by atoms with van der Waals surface area (Å²) in [5.74, 6) is 0. The molecule has 0 unspecified atom stereocenters. The zero-order valence-corrected chi connectivity index (χ0v) is 16.1. The van der Waals surface area contributed by atoms with Crippen LogP contribution in [0.1, 0.15) is 23.9 Å². The van der Waals surface area contributed by atoms with E-state index < -0.39 is 10.0 Å². The van der Waals surface area contributed by atoms with Crippen molar-refractivity contribution in [3.8, 4) is 0 Å². The number of hydrogen-bond donors (Lipinski definition) is 0. The second kappa shape index (κ2) is 6.89. The molecular weight excluding hydrogens is 340 g/mol. The van der Waals surface area contributed by atoms with Gasteiger partial charge in [-0.1, -0.05) is 0 Å². The van der Waals surface area contributed by atoms with Gasteiger partial charge in [-0.15, -0.1) is 0 Å². The Balaban J connectivity index is 1.67. The van der Waals surface area contributed by atoms with Crippen LogP contribution in [0.2, 0.25) is 0 Å². The molecule has 8 nitrogen and oxygen atoms in total. The third kappa shape index (κ3) is 3.63. The fourth-order valence-corrected chi connectivity index (χ4v) is 4.82. The van der Waals surface area contributed by atoms with Crippen LogP contribution < -0.4 is 0 Å². The lowest BCUT2D eigenvalue weighted by atomic mass is 10.2. The van der Waals surface area contributed by atoms with Gasteiger partial charge in [0.15, 0.2) is 0 Å². The zero-order chi connectivity index (χ0) is 18.2. The number of nitrogens with zero attached hydrogens (tertiary/aromatic N) is 6. The molecule has 2 aromatic heterocycles. The topological polar surface area (TPSA) is 76.3 Å². The van der Waals surface area contributed by atoms with Gasteiger partial charge >= 0.3 is 0 Å². The summed E-state index contributed by atoms with van der Waals surface area (Å²) in [6.07, 6.45) is 3.66. The Hall–Kier alpha value is -1.71. The van der Waals surface area contributed by atoms with Crippen LogP contribution in [0.4, 0.5) is 0 Å². The molecule has 0 bridgehead atoms. The average Bonchev–Trinajstić information content (AvgIpc) is 3.10. The molecule has 138 valence electrons. The van der Waals surface area contributed by atoms with Crippen molar-refractivity contribution < 1.29 is 8.42 Å². The van der Waals surface area contributed by atoms with E-state index in [1.165, 1.54) is 5.56 Å². The molecule has 1 aliphatic heterocycles. The predicted molar refractivity (Wildman–Crippen MR) is 94.6 cm³/mol. The number of sulfonamides is 1. The molecule has 0 aliphatic carbocycles. The second-order valence-corrected chi connectivity index (χ2v) is 8.43. The first kappa shape index (κ1) is 18.1. The van der Waals surface area contributed by atoms with Crippen LogP contribution in [0.5, 0.6) is 0 Å². The molecule has 1 aliphatic rings. The highest BCUT2D eigenvalue weighted by atomic mass is 32.2. The Morgan fingerprint density at radius 3 is 2.24 bits per heavy atom. The van der Waals surface area contributed by atoms with Crippen molar-refractivity contribution in [2.75, 3.05) is 26.2 Å². The maximum absolute atomic E-state index is 12.9. The van der Waals surface area contributed by atoms with Gasteiger partial charge in [-0.25, -0.2) is 8.42 Å². The van der Waals surface area contributed by atoms with Gasteiger partial charge in [-0.3, -0.25) is 14.3 Å². The SMILES string of the molecule is CCn1cc(S(=O)(=O)N2CCN(Cc3cn(C)nc3C)CC2)c(C)n1. The van der Waals surface area contributed by atoms with E-state index in [1.807, 2.05) is 31.8 Å². The van der Waals surface area contributed by atoms with Crippen LogP contribution in [0.25, 0.3) is 0 Å². The van der Waals surface area contributed by atoms with E-state index >= 15 is 0 Å². The standard InChI is InChI=1S/C16H26N6O2S/c1-5-21-12-16(14(3)18-21)25(23,24)22-8-6-20(7-9-22)11-15-10-19(4)17-13(15)2/h10,12H,5-9,11H2,1-4H3. The number of piperazine rings is 1. The van der Waals surface area contributed by atoms with Gasteiger partial charge in [0.05, 0.1) is 11.4 Å². The number of aromatic nitrogens is 4. The molecule has 0 saturated carbocycles. The monoisotopic (exact) mass is 366 g/mol. The van der Waals surface area contributed by atoms with Crippen molar-refractivity contribution in [1.82, 2.24) is 28.8 Å². The van der Waals surface area contributed by atoms with Crippen LogP contribution >= 0.6 is 0 Å². The fraction of sp³-hybridized carbons (Fsp3) is 0.625. The molecule has 3 rings (SSSR count). The van der Waals surface area contributed by atoms with Crippen molar-refractivity contribution in [3.05, 3.63) is 29.3 Å². The molecular formula is C16H26N6O2S. The molecule has 1 saturated heterocycles. The van der Waals surface area contributed by atoms with Crippen LogP contribution in [0, 0.1) is 13.8 Å². The number of aryl methyl sites for hydroxylation is 4. The summed E-state index contributed by atoms with van der Waals surface area (Å²) in [6.45, 7) is 9.60. The maximum atomic E-state index is 12.9. The first-order chi connectivity index (χ1) is 11.8. The smallest absolute Gasteiger partial charge is 0.246 e. The second-order valence-electron chi connectivity index (χ2n) is 6.53. The Bertz CT molecular complexity index is 846. The van der Waals surface area contributed by atoms with Gasteiger partial charge in [0.2, 0.25) is 10.0 Å². The Morgan fingerprint density at radius 1 is 1.04 bits per heavy atom. The van der Waals surface area contributed by atoms with E-state index in [2.05, 4.69) is 15.1 Å². The van der Waals surface area contributed by atoms with Crippen LogP contribution in [0.15, 0.2) is 17.3 Å².